The van der Waals surface area contributed by atoms with Gasteiger partial charge in [-0.1, -0.05) is 79.4 Å². The molecule has 0 bridgehead atoms. The van der Waals surface area contributed by atoms with Gasteiger partial charge in [0.1, 0.15) is 5.82 Å². The minimum atomic E-state index is -0.478. The number of aliphatic hydroxyl groups excluding tert-OH is 1. The highest BCUT2D eigenvalue weighted by molar-refractivity contribution is 7.99. The second kappa shape index (κ2) is 16.5. The summed E-state index contributed by atoms with van der Waals surface area (Å²) in [5, 5.41) is 21.0. The number of benzene rings is 3. The van der Waals surface area contributed by atoms with Gasteiger partial charge in [0.15, 0.2) is 0 Å². The summed E-state index contributed by atoms with van der Waals surface area (Å²) < 4.78 is 0. The van der Waals surface area contributed by atoms with Gasteiger partial charge in [0.2, 0.25) is 5.95 Å². The van der Waals surface area contributed by atoms with E-state index in [0.29, 0.717) is 23.9 Å². The molecule has 47 heavy (non-hydrogen) atoms. The second-order valence-electron chi connectivity index (χ2n) is 13.7. The zero-order valence-corrected chi connectivity index (χ0v) is 29.4. The van der Waals surface area contributed by atoms with E-state index < -0.39 is 6.10 Å². The van der Waals surface area contributed by atoms with E-state index in [1.54, 1.807) is 0 Å². The molecule has 0 radical (unpaired) electrons. The van der Waals surface area contributed by atoms with Crippen LogP contribution in [0.5, 0.6) is 0 Å². The lowest BCUT2D eigenvalue weighted by Crippen LogP contribution is -2.40. The smallest absolute Gasteiger partial charge is 0.225 e. The number of para-hydroxylation sites is 1. The van der Waals surface area contributed by atoms with Gasteiger partial charge in [-0.05, 0) is 91.8 Å². The standard InChI is InChI=1S/C39H50ClN5OS/c1-45(2)38-35-10-6-7-11-36(35)43-39(44-38)42-33-22-20-32(21-23-33)41-25-34(47-26-27-12-18-31(40)19-13-27)24-37(46)30-16-14-29(15-17-30)28-8-4-3-5-9-28/h6-7,10-19,28,32-34,37,41,46H,3-5,8-9,20-26H2,1-2H3,(H,42,43,44)/t32-,33+,34?,37?. The molecule has 2 aliphatic carbocycles. The summed E-state index contributed by atoms with van der Waals surface area (Å²) in [6, 6.07) is 26.0. The second-order valence-corrected chi connectivity index (χ2v) is 15.4. The van der Waals surface area contributed by atoms with Crippen LogP contribution in [0.25, 0.3) is 10.9 Å². The summed E-state index contributed by atoms with van der Waals surface area (Å²) in [4.78, 5) is 11.7. The third-order valence-electron chi connectivity index (χ3n) is 9.98. The Bertz CT molecular complexity index is 1550. The molecule has 0 amide bonds. The predicted octanol–water partition coefficient (Wildman–Crippen LogP) is 9.14. The summed E-state index contributed by atoms with van der Waals surface area (Å²) in [5.74, 6) is 3.23. The third-order valence-corrected chi connectivity index (χ3v) is 11.6. The Kier molecular flexibility index (Phi) is 12.0. The van der Waals surface area contributed by atoms with E-state index in [-0.39, 0.29) is 5.25 Å². The quantitative estimate of drug-likeness (QED) is 0.131. The average molecular weight is 672 g/mol. The van der Waals surface area contributed by atoms with Crippen LogP contribution in [0.2, 0.25) is 5.02 Å². The van der Waals surface area contributed by atoms with Gasteiger partial charge in [-0.3, -0.25) is 0 Å². The van der Waals surface area contributed by atoms with Crippen molar-refractivity contribution in [3.63, 3.8) is 0 Å². The Morgan fingerprint density at radius 1 is 0.851 bits per heavy atom. The fraction of sp³-hybridized carbons (Fsp3) is 0.487. The van der Waals surface area contributed by atoms with Crippen LogP contribution < -0.4 is 15.5 Å². The van der Waals surface area contributed by atoms with Crippen molar-refractivity contribution in [3.8, 4) is 0 Å². The molecular weight excluding hydrogens is 622 g/mol. The van der Waals surface area contributed by atoms with Crippen molar-refractivity contribution in [1.82, 2.24) is 15.3 Å². The largest absolute Gasteiger partial charge is 0.388 e. The van der Waals surface area contributed by atoms with Crippen molar-refractivity contribution in [2.24, 2.45) is 0 Å². The number of thioether (sulfide) groups is 1. The van der Waals surface area contributed by atoms with E-state index in [1.807, 2.05) is 50.1 Å². The molecule has 3 N–H and O–H groups in total. The zero-order chi connectivity index (χ0) is 32.6. The molecule has 6 rings (SSSR count). The molecule has 0 saturated heterocycles. The molecular formula is C39H50ClN5OS. The fourth-order valence-electron chi connectivity index (χ4n) is 7.20. The number of rotatable bonds is 13. The highest BCUT2D eigenvalue weighted by Crippen LogP contribution is 2.34. The van der Waals surface area contributed by atoms with Crippen molar-refractivity contribution in [1.29, 1.82) is 0 Å². The SMILES string of the molecule is CN(C)c1nc(N[C@H]2CC[C@@H](NCC(CC(O)c3ccc(C4CCCCC4)cc3)SCc3ccc(Cl)cc3)CC2)nc2ccccc12. The van der Waals surface area contributed by atoms with E-state index >= 15 is 0 Å². The van der Waals surface area contributed by atoms with Crippen molar-refractivity contribution in [3.05, 3.63) is 94.5 Å². The van der Waals surface area contributed by atoms with Crippen LogP contribution in [-0.4, -0.2) is 53.0 Å². The van der Waals surface area contributed by atoms with Gasteiger partial charge in [0.25, 0.3) is 0 Å². The van der Waals surface area contributed by atoms with Crippen molar-refractivity contribution < 1.29 is 5.11 Å². The maximum atomic E-state index is 11.4. The lowest BCUT2D eigenvalue weighted by molar-refractivity contribution is 0.165. The summed E-state index contributed by atoms with van der Waals surface area (Å²) in [6.45, 7) is 0.873. The maximum absolute atomic E-state index is 11.4. The van der Waals surface area contributed by atoms with E-state index in [0.717, 1.165) is 71.7 Å². The van der Waals surface area contributed by atoms with Crippen molar-refractivity contribution in [2.45, 2.75) is 99.3 Å². The summed E-state index contributed by atoms with van der Waals surface area (Å²) >= 11 is 8.07. The Balaban J connectivity index is 1.04. The molecule has 6 nitrogen and oxygen atoms in total. The van der Waals surface area contributed by atoms with Gasteiger partial charge >= 0.3 is 0 Å². The average Bonchev–Trinajstić information content (AvgIpc) is 3.10. The van der Waals surface area contributed by atoms with Gasteiger partial charge < -0.3 is 20.6 Å². The molecule has 2 atom stereocenters. The number of nitrogens with one attached hydrogen (secondary N) is 2. The monoisotopic (exact) mass is 671 g/mol. The topological polar surface area (TPSA) is 73.3 Å². The van der Waals surface area contributed by atoms with Crippen LogP contribution in [0.15, 0.2) is 72.8 Å². The molecule has 1 aromatic heterocycles. The molecule has 2 aliphatic rings. The maximum Gasteiger partial charge on any atom is 0.225 e. The summed E-state index contributed by atoms with van der Waals surface area (Å²) in [6.07, 6.45) is 11.2. The molecule has 2 unspecified atom stereocenters. The molecule has 0 spiro atoms. The van der Waals surface area contributed by atoms with Gasteiger partial charge in [-0.25, -0.2) is 4.98 Å². The number of fused-ring (bicyclic) bond motifs is 1. The van der Waals surface area contributed by atoms with Crippen LogP contribution in [0.4, 0.5) is 11.8 Å². The highest BCUT2D eigenvalue weighted by atomic mass is 35.5. The van der Waals surface area contributed by atoms with Gasteiger partial charge in [-0.15, -0.1) is 0 Å². The first-order valence-electron chi connectivity index (χ1n) is 17.5. The van der Waals surface area contributed by atoms with Crippen LogP contribution in [0.1, 0.15) is 92.9 Å². The van der Waals surface area contributed by atoms with Crippen LogP contribution in [0, 0.1) is 0 Å². The van der Waals surface area contributed by atoms with Gasteiger partial charge in [-0.2, -0.15) is 16.7 Å². The summed E-state index contributed by atoms with van der Waals surface area (Å²) in [5.41, 5.74) is 4.69. The lowest BCUT2D eigenvalue weighted by atomic mass is 9.83. The number of halogens is 1. The lowest BCUT2D eigenvalue weighted by Gasteiger charge is -2.31. The fourth-order valence-corrected chi connectivity index (χ4v) is 8.48. The van der Waals surface area contributed by atoms with E-state index in [4.69, 9.17) is 21.6 Å². The number of aliphatic hydroxyl groups is 1. The first-order chi connectivity index (χ1) is 22.9. The van der Waals surface area contributed by atoms with E-state index in [1.165, 1.54) is 43.2 Å². The van der Waals surface area contributed by atoms with Gasteiger partial charge in [0.05, 0.1) is 11.6 Å². The molecule has 2 saturated carbocycles. The number of hydrogen-bond acceptors (Lipinski definition) is 7. The van der Waals surface area contributed by atoms with Crippen molar-refractivity contribution in [2.75, 3.05) is 30.9 Å². The first kappa shape index (κ1) is 34.0. The minimum Gasteiger partial charge on any atom is -0.388 e. The Labute approximate surface area is 290 Å². The third kappa shape index (κ3) is 9.41. The Hall–Kier alpha value is -2.84. The number of aromatic nitrogens is 2. The first-order valence-corrected chi connectivity index (χ1v) is 18.9. The highest BCUT2D eigenvalue weighted by Gasteiger charge is 2.24. The minimum absolute atomic E-state index is 0.282. The number of anilines is 2. The van der Waals surface area contributed by atoms with Crippen LogP contribution in [-0.2, 0) is 5.75 Å². The molecule has 1 heterocycles. The van der Waals surface area contributed by atoms with E-state index in [2.05, 4.69) is 64.1 Å². The predicted molar refractivity (Wildman–Crippen MR) is 200 cm³/mol. The van der Waals surface area contributed by atoms with Gasteiger partial charge in [0, 0.05) is 54.1 Å². The van der Waals surface area contributed by atoms with E-state index in [9.17, 15) is 5.11 Å². The molecule has 8 heteroatoms. The molecule has 2 fully saturated rings. The number of nitrogens with zero attached hydrogens (tertiary/aromatic N) is 3. The molecule has 250 valence electrons. The summed E-state index contributed by atoms with van der Waals surface area (Å²) in [7, 11) is 4.06. The Morgan fingerprint density at radius 3 is 2.28 bits per heavy atom. The molecule has 0 aliphatic heterocycles. The van der Waals surface area contributed by atoms with Crippen LogP contribution in [0.3, 0.4) is 0 Å². The van der Waals surface area contributed by atoms with Crippen LogP contribution >= 0.6 is 23.4 Å². The molecule has 4 aromatic rings. The van der Waals surface area contributed by atoms with Crippen molar-refractivity contribution >= 4 is 46.0 Å². The molecule has 3 aromatic carbocycles. The Morgan fingerprint density at radius 2 is 1.55 bits per heavy atom. The normalized spacial score (nSPS) is 20.2. The number of hydrogen-bond donors (Lipinski definition) is 3. The zero-order valence-electron chi connectivity index (χ0n) is 27.9.